The molecular weight excluding hydrogens is 475 g/mol. The molecule has 1 aliphatic heterocycles. The summed E-state index contributed by atoms with van der Waals surface area (Å²) in [6, 6.07) is 2.05. The Hall–Kier alpha value is -2.15. The molecule has 0 radical (unpaired) electrons. The van der Waals surface area contributed by atoms with E-state index in [2.05, 4.69) is 6.07 Å². The van der Waals surface area contributed by atoms with E-state index in [1.807, 2.05) is 4.90 Å². The van der Waals surface area contributed by atoms with E-state index in [1.165, 1.54) is 44.9 Å². The molecule has 0 aromatic heterocycles. The number of halogens is 3. The van der Waals surface area contributed by atoms with Crippen LogP contribution in [0.2, 0.25) is 0 Å². The first-order valence-electron chi connectivity index (χ1n) is 13.1. The zero-order chi connectivity index (χ0) is 26.1. The van der Waals surface area contributed by atoms with Crippen LogP contribution in [-0.2, 0) is 19.1 Å². The largest absolute Gasteiger partial charge is 0.467 e. The van der Waals surface area contributed by atoms with E-state index in [0.717, 1.165) is 43.9 Å². The third-order valence-corrected chi connectivity index (χ3v) is 9.71. The van der Waals surface area contributed by atoms with Gasteiger partial charge in [-0.1, -0.05) is 0 Å². The van der Waals surface area contributed by atoms with Crippen molar-refractivity contribution in [1.29, 1.82) is 5.26 Å². The van der Waals surface area contributed by atoms with Gasteiger partial charge in [0, 0.05) is 11.5 Å². The van der Waals surface area contributed by atoms with Crippen LogP contribution < -0.4 is 5.73 Å². The Morgan fingerprint density at radius 3 is 2.11 bits per heavy atom. The molecule has 6 aliphatic rings. The quantitative estimate of drug-likeness (QED) is 0.560. The molecule has 4 bridgehead atoms. The number of rotatable bonds is 5. The molecule has 2 N–H and O–H groups in total. The number of likely N-dealkylation sites (tertiary alicyclic amines) is 1. The first-order chi connectivity index (χ1) is 17.1. The number of hydrogen-bond donors (Lipinski definition) is 1. The van der Waals surface area contributed by atoms with Gasteiger partial charge in [-0.25, -0.2) is 0 Å². The Kier molecular flexibility index (Phi) is 7.70. The molecule has 1 saturated heterocycles. The molecule has 36 heavy (non-hydrogen) atoms. The minimum absolute atomic E-state index is 0.0642. The lowest BCUT2D eigenvalue weighted by Crippen LogP contribution is -2.54. The molecule has 1 unspecified atom stereocenters. The van der Waals surface area contributed by atoms with E-state index in [-0.39, 0.29) is 23.4 Å². The molecule has 10 heteroatoms. The van der Waals surface area contributed by atoms with E-state index in [0.29, 0.717) is 30.5 Å². The number of aldehydes is 1. The van der Waals surface area contributed by atoms with Crippen LogP contribution in [0.4, 0.5) is 13.2 Å². The second-order valence-corrected chi connectivity index (χ2v) is 11.9. The standard InChI is InChI=1S/C15H21N3O.C9H14O2.C2HF3O/c16-8-11-5-10-6-12(10)18(11)14(19)13(17)15-3-1-9(7-15)2-4-15;10-7-11-6-9-3-1-8(5-9)2-4-9;3-2(4,5)1-6/h9-13H,1-7,17H2;7-8H,1-6H2;1H/t9?,10-,11+,12?,13-,15?;;/m1../s1. The van der Waals surface area contributed by atoms with Crippen molar-refractivity contribution in [3.05, 3.63) is 0 Å². The Morgan fingerprint density at radius 1 is 1.08 bits per heavy atom. The predicted octanol–water partition coefficient (Wildman–Crippen LogP) is 3.89. The molecule has 1 amide bonds. The van der Waals surface area contributed by atoms with Crippen molar-refractivity contribution in [1.82, 2.24) is 4.90 Å². The maximum absolute atomic E-state index is 12.8. The summed E-state index contributed by atoms with van der Waals surface area (Å²) in [4.78, 5) is 33.3. The van der Waals surface area contributed by atoms with Gasteiger partial charge in [-0.2, -0.15) is 18.4 Å². The Labute approximate surface area is 209 Å². The van der Waals surface area contributed by atoms with E-state index < -0.39 is 12.5 Å². The van der Waals surface area contributed by atoms with Gasteiger partial charge in [0.25, 0.3) is 6.47 Å². The van der Waals surface area contributed by atoms with Gasteiger partial charge >= 0.3 is 6.18 Å². The topological polar surface area (TPSA) is 113 Å². The summed E-state index contributed by atoms with van der Waals surface area (Å²) in [6.45, 7) is 1.26. The third kappa shape index (κ3) is 5.56. The zero-order valence-electron chi connectivity index (χ0n) is 20.5. The monoisotopic (exact) mass is 511 g/mol. The molecule has 4 atom stereocenters. The van der Waals surface area contributed by atoms with Crippen molar-refractivity contribution in [2.24, 2.45) is 34.3 Å². The van der Waals surface area contributed by atoms with Crippen LogP contribution in [-0.4, -0.2) is 54.5 Å². The number of hydrogen-bond acceptors (Lipinski definition) is 6. The van der Waals surface area contributed by atoms with Gasteiger partial charge in [-0.3, -0.25) is 14.4 Å². The van der Waals surface area contributed by atoms with Crippen LogP contribution in [0.15, 0.2) is 0 Å². The number of nitrogens with zero attached hydrogens (tertiary/aromatic N) is 2. The average molecular weight is 512 g/mol. The maximum Gasteiger partial charge on any atom is 0.446 e. The number of piperidine rings is 1. The van der Waals surface area contributed by atoms with Crippen LogP contribution in [0.1, 0.15) is 77.0 Å². The lowest BCUT2D eigenvalue weighted by molar-refractivity contribution is -0.156. The normalized spacial score (nSPS) is 39.6. The molecule has 5 aliphatic carbocycles. The molecular formula is C26H36F3N3O4. The van der Waals surface area contributed by atoms with Crippen molar-refractivity contribution in [3.63, 3.8) is 0 Å². The summed E-state index contributed by atoms with van der Waals surface area (Å²) in [7, 11) is 0. The molecule has 1 heterocycles. The molecule has 6 rings (SSSR count). The SMILES string of the molecule is N#C[C@@H]1C[C@@H]2CC2N1C(=O)[C@@H](N)C12CCC(CC1)C2.O=CC(F)(F)F.O=COCC12CCC(CC1)C2. The van der Waals surface area contributed by atoms with Crippen LogP contribution in [0, 0.1) is 39.9 Å². The van der Waals surface area contributed by atoms with Crippen molar-refractivity contribution >= 4 is 18.7 Å². The van der Waals surface area contributed by atoms with Gasteiger partial charge < -0.3 is 15.4 Å². The van der Waals surface area contributed by atoms with E-state index in [4.69, 9.17) is 15.3 Å². The Morgan fingerprint density at radius 2 is 1.67 bits per heavy atom. The van der Waals surface area contributed by atoms with Crippen molar-refractivity contribution in [2.45, 2.75) is 101 Å². The molecule has 6 fully saturated rings. The molecule has 0 aromatic rings. The lowest BCUT2D eigenvalue weighted by atomic mass is 9.77. The van der Waals surface area contributed by atoms with E-state index in [1.54, 1.807) is 0 Å². The van der Waals surface area contributed by atoms with Gasteiger partial charge in [0.15, 0.2) is 0 Å². The van der Waals surface area contributed by atoms with Gasteiger partial charge in [-0.15, -0.1) is 0 Å². The highest BCUT2D eigenvalue weighted by atomic mass is 19.4. The predicted molar refractivity (Wildman–Crippen MR) is 123 cm³/mol. The maximum atomic E-state index is 12.8. The summed E-state index contributed by atoms with van der Waals surface area (Å²) < 4.78 is 36.1. The number of alkyl halides is 3. The van der Waals surface area contributed by atoms with Crippen LogP contribution in [0.3, 0.4) is 0 Å². The van der Waals surface area contributed by atoms with Crippen molar-refractivity contribution in [2.75, 3.05) is 6.61 Å². The highest BCUT2D eigenvalue weighted by Crippen LogP contribution is 2.57. The van der Waals surface area contributed by atoms with Gasteiger partial charge in [0.05, 0.1) is 18.7 Å². The van der Waals surface area contributed by atoms with E-state index >= 15 is 0 Å². The summed E-state index contributed by atoms with van der Waals surface area (Å²) in [6.07, 6.45) is 8.72. The fraction of sp³-hybridized carbons (Fsp3) is 0.846. The van der Waals surface area contributed by atoms with Gasteiger partial charge in [0.2, 0.25) is 12.2 Å². The second kappa shape index (κ2) is 10.3. The van der Waals surface area contributed by atoms with Crippen molar-refractivity contribution < 1.29 is 32.3 Å². The van der Waals surface area contributed by atoms with Crippen LogP contribution in [0.25, 0.3) is 0 Å². The zero-order valence-corrected chi connectivity index (χ0v) is 20.5. The van der Waals surface area contributed by atoms with E-state index in [9.17, 15) is 28.0 Å². The minimum Gasteiger partial charge on any atom is -0.467 e. The van der Waals surface area contributed by atoms with Crippen LogP contribution >= 0.6 is 0 Å². The molecule has 5 saturated carbocycles. The fourth-order valence-corrected chi connectivity index (χ4v) is 7.71. The summed E-state index contributed by atoms with van der Waals surface area (Å²) in [5, 5.41) is 9.22. The Balaban J connectivity index is 0.000000151. The first kappa shape index (κ1) is 26.9. The number of nitrogens with two attached hydrogens (primary N) is 1. The molecule has 0 spiro atoms. The number of nitriles is 1. The second-order valence-electron chi connectivity index (χ2n) is 11.9. The first-order valence-corrected chi connectivity index (χ1v) is 13.1. The minimum atomic E-state index is -4.64. The number of fused-ring (bicyclic) bond motifs is 5. The molecule has 7 nitrogen and oxygen atoms in total. The molecule has 0 aromatic carbocycles. The summed E-state index contributed by atoms with van der Waals surface area (Å²) in [5.74, 6) is 2.40. The third-order valence-electron chi connectivity index (χ3n) is 9.71. The number of amides is 1. The highest BCUT2D eigenvalue weighted by Gasteiger charge is 2.58. The molecule has 200 valence electrons. The van der Waals surface area contributed by atoms with Crippen molar-refractivity contribution in [3.8, 4) is 6.07 Å². The smallest absolute Gasteiger partial charge is 0.446 e. The summed E-state index contributed by atoms with van der Waals surface area (Å²) >= 11 is 0. The number of carbonyl (C=O) groups excluding carboxylic acids is 3. The summed E-state index contributed by atoms with van der Waals surface area (Å²) in [5.41, 5.74) is 6.84. The van der Waals surface area contributed by atoms with Gasteiger partial charge in [0.1, 0.15) is 6.04 Å². The number of ether oxygens (including phenoxy) is 1. The number of carbonyl (C=O) groups is 3. The fourth-order valence-electron chi connectivity index (χ4n) is 7.71. The average Bonchev–Trinajstić information content (AvgIpc) is 3.42. The highest BCUT2D eigenvalue weighted by molar-refractivity contribution is 5.84. The Bertz CT molecular complexity index is 873. The lowest BCUT2D eigenvalue weighted by Gasteiger charge is -2.36. The van der Waals surface area contributed by atoms with Gasteiger partial charge in [-0.05, 0) is 100 Å². The van der Waals surface area contributed by atoms with Crippen LogP contribution in [0.5, 0.6) is 0 Å².